The number of ether oxygens (including phenoxy) is 2. The van der Waals surface area contributed by atoms with Gasteiger partial charge in [0.25, 0.3) is 0 Å². The highest BCUT2D eigenvalue weighted by molar-refractivity contribution is 6.25. The number of Topliss-reactive ketones (excluding diaryl/α,β-unsaturated/α-hetero) is 3. The number of alkyl halides is 2. The van der Waals surface area contributed by atoms with Crippen LogP contribution in [-0.4, -0.2) is 47.6 Å². The number of hydrogen-bond donors (Lipinski definition) is 0. The Morgan fingerprint density at radius 1 is 1.17 bits per heavy atom. The molecule has 3 rings (SSSR count). The van der Waals surface area contributed by atoms with E-state index in [0.29, 0.717) is 6.42 Å². The average molecular weight is 424 g/mol. The molecule has 160 valence electrons. The summed E-state index contributed by atoms with van der Waals surface area (Å²) in [5, 5.41) is -0.0198. The topological polar surface area (TPSA) is 95.4 Å². The van der Waals surface area contributed by atoms with Crippen LogP contribution in [0.3, 0.4) is 0 Å². The molecule has 0 amide bonds. The smallest absolute Gasteiger partial charge is 0.382 e. The van der Waals surface area contributed by atoms with E-state index in [1.54, 1.807) is 0 Å². The van der Waals surface area contributed by atoms with Gasteiger partial charge in [0.05, 0.1) is 24.5 Å². The Balaban J connectivity index is 2.16. The van der Waals surface area contributed by atoms with Crippen LogP contribution in [-0.2, 0) is 25.2 Å². The first-order chi connectivity index (χ1) is 14.2. The highest BCUT2D eigenvalue weighted by atomic mass is 19.3. The predicted molar refractivity (Wildman–Crippen MR) is 97.6 cm³/mol. The first kappa shape index (κ1) is 22.0. The van der Waals surface area contributed by atoms with Crippen LogP contribution in [0.2, 0.25) is 0 Å². The molecule has 10 heteroatoms. The zero-order chi connectivity index (χ0) is 22.1. The van der Waals surface area contributed by atoms with E-state index in [-0.39, 0.29) is 36.2 Å². The summed E-state index contributed by atoms with van der Waals surface area (Å²) in [6.07, 6.45) is -3.75. The molecular formula is C20H19F3N2O5. The van der Waals surface area contributed by atoms with Crippen LogP contribution >= 0.6 is 0 Å². The number of aryl methyl sites for hydroxylation is 1. The van der Waals surface area contributed by atoms with Gasteiger partial charge in [-0.25, -0.2) is 14.4 Å². The standard InChI is InChI=1S/C20H19F3N2O5/c1-10-13(21)9-11-8-12(17(28)16-14(26)4-3-5-15(16)27)18(25-19(11)24-10)20(22,23)30-7-6-29-2/h8-9,16H,3-7H2,1-2H3. The molecule has 2 aromatic heterocycles. The first-order valence-electron chi connectivity index (χ1n) is 9.24. The lowest BCUT2D eigenvalue weighted by Crippen LogP contribution is -2.37. The van der Waals surface area contributed by atoms with Crippen molar-refractivity contribution in [2.24, 2.45) is 5.92 Å². The summed E-state index contributed by atoms with van der Waals surface area (Å²) in [4.78, 5) is 45.0. The van der Waals surface area contributed by atoms with Gasteiger partial charge in [-0.3, -0.25) is 14.4 Å². The van der Waals surface area contributed by atoms with Gasteiger partial charge in [-0.2, -0.15) is 8.78 Å². The fourth-order valence-corrected chi connectivity index (χ4v) is 3.25. The predicted octanol–water partition coefficient (Wildman–Crippen LogP) is 2.91. The molecule has 7 nitrogen and oxygen atoms in total. The van der Waals surface area contributed by atoms with Crippen molar-refractivity contribution in [2.75, 3.05) is 20.3 Å². The lowest BCUT2D eigenvalue weighted by atomic mass is 9.81. The van der Waals surface area contributed by atoms with Crippen molar-refractivity contribution in [3.63, 3.8) is 0 Å². The summed E-state index contributed by atoms with van der Waals surface area (Å²) in [5.41, 5.74) is -2.05. The summed E-state index contributed by atoms with van der Waals surface area (Å²) in [6.45, 7) is 0.685. The van der Waals surface area contributed by atoms with Gasteiger partial charge in [0.2, 0.25) is 0 Å². The number of nitrogens with zero attached hydrogens (tertiary/aromatic N) is 2. The molecule has 0 radical (unpaired) electrons. The summed E-state index contributed by atoms with van der Waals surface area (Å²) in [6, 6.07) is 1.97. The molecule has 1 aliphatic rings. The molecular weight excluding hydrogens is 405 g/mol. The Morgan fingerprint density at radius 3 is 2.47 bits per heavy atom. The molecule has 0 atom stereocenters. The van der Waals surface area contributed by atoms with E-state index in [1.807, 2.05) is 0 Å². The van der Waals surface area contributed by atoms with Gasteiger partial charge < -0.3 is 9.47 Å². The normalized spacial score (nSPS) is 15.8. The van der Waals surface area contributed by atoms with Crippen LogP contribution in [0.25, 0.3) is 11.0 Å². The number of aromatic nitrogens is 2. The molecule has 0 spiro atoms. The van der Waals surface area contributed by atoms with Gasteiger partial charge in [0.15, 0.2) is 28.7 Å². The molecule has 30 heavy (non-hydrogen) atoms. The quantitative estimate of drug-likeness (QED) is 0.383. The Kier molecular flexibility index (Phi) is 6.27. The van der Waals surface area contributed by atoms with Crippen LogP contribution in [0.1, 0.15) is 41.0 Å². The highest BCUT2D eigenvalue weighted by Crippen LogP contribution is 2.34. The van der Waals surface area contributed by atoms with E-state index in [1.165, 1.54) is 14.0 Å². The van der Waals surface area contributed by atoms with Crippen LogP contribution in [0.15, 0.2) is 12.1 Å². The molecule has 0 saturated heterocycles. The van der Waals surface area contributed by atoms with Crippen LogP contribution in [0.5, 0.6) is 0 Å². The fraction of sp³-hybridized carbons (Fsp3) is 0.450. The largest absolute Gasteiger partial charge is 0.400 e. The Hall–Kier alpha value is -2.72. The van der Waals surface area contributed by atoms with E-state index < -0.39 is 53.1 Å². The molecule has 1 aliphatic carbocycles. The number of methoxy groups -OCH3 is 1. The Bertz CT molecular complexity index is 1010. The van der Waals surface area contributed by atoms with Gasteiger partial charge in [0.1, 0.15) is 11.7 Å². The number of hydrogen-bond acceptors (Lipinski definition) is 7. The Labute approximate surface area is 169 Å². The Morgan fingerprint density at radius 2 is 1.83 bits per heavy atom. The summed E-state index contributed by atoms with van der Waals surface area (Å²) < 4.78 is 52.8. The molecule has 0 aromatic carbocycles. The highest BCUT2D eigenvalue weighted by Gasteiger charge is 2.44. The number of halogens is 3. The third-order valence-electron chi connectivity index (χ3n) is 4.80. The number of carbonyl (C=O) groups is 3. The van der Waals surface area contributed by atoms with Gasteiger partial charge in [-0.15, -0.1) is 0 Å². The minimum absolute atomic E-state index is 0.00536. The third-order valence-corrected chi connectivity index (χ3v) is 4.80. The summed E-state index contributed by atoms with van der Waals surface area (Å²) in [7, 11) is 1.30. The minimum atomic E-state index is -4.04. The van der Waals surface area contributed by atoms with Gasteiger partial charge in [-0.05, 0) is 25.5 Å². The van der Waals surface area contributed by atoms with E-state index in [4.69, 9.17) is 0 Å². The number of pyridine rings is 2. The zero-order valence-electron chi connectivity index (χ0n) is 16.3. The molecule has 0 unspecified atom stereocenters. The number of rotatable bonds is 7. The second-order valence-corrected chi connectivity index (χ2v) is 6.93. The van der Waals surface area contributed by atoms with Crippen molar-refractivity contribution >= 4 is 28.4 Å². The van der Waals surface area contributed by atoms with Crippen molar-refractivity contribution in [1.29, 1.82) is 0 Å². The first-order valence-corrected chi connectivity index (χ1v) is 9.24. The van der Waals surface area contributed by atoms with Crippen LogP contribution in [0, 0.1) is 18.7 Å². The fourth-order valence-electron chi connectivity index (χ4n) is 3.25. The minimum Gasteiger partial charge on any atom is -0.382 e. The third kappa shape index (κ3) is 4.24. The average Bonchev–Trinajstić information content (AvgIpc) is 2.68. The lowest BCUT2D eigenvalue weighted by Gasteiger charge is -2.22. The summed E-state index contributed by atoms with van der Waals surface area (Å²) >= 11 is 0. The molecule has 0 aliphatic heterocycles. The molecule has 2 aromatic rings. The second kappa shape index (κ2) is 8.57. The van der Waals surface area contributed by atoms with Crippen LogP contribution < -0.4 is 0 Å². The SMILES string of the molecule is COCCOC(F)(F)c1nc2nc(C)c(F)cc2cc1C(=O)C1C(=O)CCCC1=O. The van der Waals surface area contributed by atoms with Crippen molar-refractivity contribution in [3.8, 4) is 0 Å². The number of carbonyl (C=O) groups excluding carboxylic acids is 3. The maximum absolute atomic E-state index is 14.8. The van der Waals surface area contributed by atoms with E-state index in [0.717, 1.165) is 12.1 Å². The van der Waals surface area contributed by atoms with E-state index in [9.17, 15) is 27.6 Å². The van der Waals surface area contributed by atoms with Crippen molar-refractivity contribution in [1.82, 2.24) is 9.97 Å². The molecule has 0 bridgehead atoms. The second-order valence-electron chi connectivity index (χ2n) is 6.93. The molecule has 1 fully saturated rings. The molecule has 2 heterocycles. The van der Waals surface area contributed by atoms with Crippen molar-refractivity contribution in [3.05, 3.63) is 34.9 Å². The van der Waals surface area contributed by atoms with Gasteiger partial charge in [0, 0.05) is 25.3 Å². The number of ketones is 3. The maximum atomic E-state index is 14.8. The molecule has 1 saturated carbocycles. The van der Waals surface area contributed by atoms with Crippen molar-refractivity contribution in [2.45, 2.75) is 32.3 Å². The molecule has 0 N–H and O–H groups in total. The van der Waals surface area contributed by atoms with Crippen molar-refractivity contribution < 1.29 is 37.0 Å². The van der Waals surface area contributed by atoms with Gasteiger partial charge in [-0.1, -0.05) is 0 Å². The van der Waals surface area contributed by atoms with E-state index in [2.05, 4.69) is 19.4 Å². The monoisotopic (exact) mass is 424 g/mol. The van der Waals surface area contributed by atoms with E-state index >= 15 is 0 Å². The lowest BCUT2D eigenvalue weighted by molar-refractivity contribution is -0.255. The van der Waals surface area contributed by atoms with Gasteiger partial charge >= 0.3 is 6.11 Å². The summed E-state index contributed by atoms with van der Waals surface area (Å²) in [5.74, 6) is -4.79. The maximum Gasteiger partial charge on any atom is 0.400 e. The van der Waals surface area contributed by atoms with Crippen LogP contribution in [0.4, 0.5) is 13.2 Å². The zero-order valence-corrected chi connectivity index (χ0v) is 16.3. The number of fused-ring (bicyclic) bond motifs is 1.